The number of ether oxygens (including phenoxy) is 1. The molecule has 1 N–H and O–H groups in total. The summed E-state index contributed by atoms with van der Waals surface area (Å²) in [5.74, 6) is 0.456. The van der Waals surface area contributed by atoms with Crippen molar-refractivity contribution in [3.8, 4) is 5.75 Å². The third-order valence-electron chi connectivity index (χ3n) is 4.99. The largest absolute Gasteiger partial charge is 0.481 e. The quantitative estimate of drug-likeness (QED) is 0.727. The molecule has 0 spiro atoms. The molecule has 1 heterocycles. The molecule has 30 heavy (non-hydrogen) atoms. The van der Waals surface area contributed by atoms with Gasteiger partial charge in [0.2, 0.25) is 5.91 Å². The molecule has 8 heteroatoms. The Kier molecular flexibility index (Phi) is 7.58. The number of aryl methyl sites for hydroxylation is 1. The Hall–Kier alpha value is -2.28. The van der Waals surface area contributed by atoms with Crippen LogP contribution in [0.2, 0.25) is 10.0 Å². The SMILES string of the molecule is Cc1cc(Cl)ccc1OC(C)C(=O)N1CCN(CC(=O)Nc2ccccc2Cl)CC1. The van der Waals surface area contributed by atoms with Crippen molar-refractivity contribution in [1.29, 1.82) is 0 Å². The Morgan fingerprint density at radius 2 is 1.80 bits per heavy atom. The van der Waals surface area contributed by atoms with Gasteiger partial charge in [-0.15, -0.1) is 0 Å². The third-order valence-corrected chi connectivity index (χ3v) is 5.55. The maximum Gasteiger partial charge on any atom is 0.263 e. The summed E-state index contributed by atoms with van der Waals surface area (Å²) < 4.78 is 5.84. The Bertz CT molecular complexity index is 914. The van der Waals surface area contributed by atoms with Crippen LogP contribution >= 0.6 is 23.2 Å². The van der Waals surface area contributed by atoms with Crippen LogP contribution in [0.25, 0.3) is 0 Å². The van der Waals surface area contributed by atoms with Gasteiger partial charge in [-0.2, -0.15) is 0 Å². The summed E-state index contributed by atoms with van der Waals surface area (Å²) in [6, 6.07) is 12.5. The zero-order valence-electron chi connectivity index (χ0n) is 17.0. The van der Waals surface area contributed by atoms with Crippen LogP contribution in [0.1, 0.15) is 12.5 Å². The average molecular weight is 450 g/mol. The number of halogens is 2. The molecule has 1 atom stereocenters. The number of rotatable bonds is 6. The van der Waals surface area contributed by atoms with Gasteiger partial charge in [0, 0.05) is 31.2 Å². The highest BCUT2D eigenvalue weighted by molar-refractivity contribution is 6.33. The minimum atomic E-state index is -0.597. The predicted molar refractivity (Wildman–Crippen MR) is 119 cm³/mol. The van der Waals surface area contributed by atoms with Crippen molar-refractivity contribution < 1.29 is 14.3 Å². The summed E-state index contributed by atoms with van der Waals surface area (Å²) in [5, 5.41) is 3.96. The first-order valence-electron chi connectivity index (χ1n) is 9.82. The zero-order chi connectivity index (χ0) is 21.7. The smallest absolute Gasteiger partial charge is 0.263 e. The molecule has 6 nitrogen and oxygen atoms in total. The lowest BCUT2D eigenvalue weighted by Gasteiger charge is -2.35. The van der Waals surface area contributed by atoms with Gasteiger partial charge in [-0.3, -0.25) is 14.5 Å². The van der Waals surface area contributed by atoms with Crippen LogP contribution < -0.4 is 10.1 Å². The molecule has 0 aromatic heterocycles. The van der Waals surface area contributed by atoms with Gasteiger partial charge in [-0.1, -0.05) is 35.3 Å². The number of hydrogen-bond acceptors (Lipinski definition) is 4. The Balaban J connectivity index is 1.46. The molecule has 1 aliphatic rings. The van der Waals surface area contributed by atoms with Crippen LogP contribution in [-0.2, 0) is 9.59 Å². The van der Waals surface area contributed by atoms with Crippen molar-refractivity contribution in [2.24, 2.45) is 0 Å². The van der Waals surface area contributed by atoms with E-state index in [1.807, 2.05) is 24.0 Å². The van der Waals surface area contributed by atoms with E-state index in [2.05, 4.69) is 5.32 Å². The summed E-state index contributed by atoms with van der Waals surface area (Å²) in [7, 11) is 0. The van der Waals surface area contributed by atoms with Gasteiger partial charge in [0.15, 0.2) is 6.10 Å². The molecule has 0 saturated carbocycles. The van der Waals surface area contributed by atoms with Crippen LogP contribution in [0, 0.1) is 6.92 Å². The molecule has 0 radical (unpaired) electrons. The highest BCUT2D eigenvalue weighted by Gasteiger charge is 2.27. The topological polar surface area (TPSA) is 61.9 Å². The number of nitrogens with zero attached hydrogens (tertiary/aromatic N) is 2. The molecule has 1 saturated heterocycles. The lowest BCUT2D eigenvalue weighted by molar-refractivity contribution is -0.139. The van der Waals surface area contributed by atoms with E-state index in [0.29, 0.717) is 47.7 Å². The molecular weight excluding hydrogens is 425 g/mol. The van der Waals surface area contributed by atoms with Crippen molar-refractivity contribution in [3.05, 3.63) is 58.1 Å². The number of carbonyl (C=O) groups is 2. The summed E-state index contributed by atoms with van der Waals surface area (Å²) in [4.78, 5) is 28.8. The highest BCUT2D eigenvalue weighted by atomic mass is 35.5. The monoisotopic (exact) mass is 449 g/mol. The molecule has 3 rings (SSSR count). The first-order chi connectivity index (χ1) is 14.3. The molecule has 1 aliphatic heterocycles. The van der Waals surface area contributed by atoms with E-state index >= 15 is 0 Å². The summed E-state index contributed by atoms with van der Waals surface area (Å²) in [6.07, 6.45) is -0.597. The van der Waals surface area contributed by atoms with E-state index in [4.69, 9.17) is 27.9 Å². The Morgan fingerprint density at radius 1 is 1.10 bits per heavy atom. The number of benzene rings is 2. The fourth-order valence-corrected chi connectivity index (χ4v) is 3.73. The summed E-state index contributed by atoms with van der Waals surface area (Å²) in [5.41, 5.74) is 1.48. The molecule has 160 valence electrons. The number of anilines is 1. The Labute approximate surface area is 186 Å². The van der Waals surface area contributed by atoms with Crippen molar-refractivity contribution in [2.75, 3.05) is 38.0 Å². The first-order valence-corrected chi connectivity index (χ1v) is 10.6. The molecule has 0 aliphatic carbocycles. The van der Waals surface area contributed by atoms with Crippen molar-refractivity contribution in [2.45, 2.75) is 20.0 Å². The first kappa shape index (κ1) is 22.4. The number of carbonyl (C=O) groups excluding carboxylic acids is 2. The highest BCUT2D eigenvalue weighted by Crippen LogP contribution is 2.23. The second kappa shape index (κ2) is 10.2. The maximum atomic E-state index is 12.8. The zero-order valence-corrected chi connectivity index (χ0v) is 18.5. The standard InChI is InChI=1S/C22H25Cl2N3O3/c1-15-13-17(23)7-8-20(15)30-16(2)22(29)27-11-9-26(10-12-27)14-21(28)25-19-6-4-3-5-18(19)24/h3-8,13,16H,9-12,14H2,1-2H3,(H,25,28). The van der Waals surface area contributed by atoms with Gasteiger partial charge >= 0.3 is 0 Å². The van der Waals surface area contributed by atoms with Crippen molar-refractivity contribution >= 4 is 40.7 Å². The minimum absolute atomic E-state index is 0.0653. The van der Waals surface area contributed by atoms with Gasteiger partial charge in [-0.25, -0.2) is 0 Å². The van der Waals surface area contributed by atoms with Gasteiger partial charge < -0.3 is 15.0 Å². The number of hydrogen-bond donors (Lipinski definition) is 1. The van der Waals surface area contributed by atoms with E-state index in [9.17, 15) is 9.59 Å². The molecule has 2 amide bonds. The van der Waals surface area contributed by atoms with E-state index in [1.54, 1.807) is 42.2 Å². The van der Waals surface area contributed by atoms with E-state index in [-0.39, 0.29) is 18.4 Å². The van der Waals surface area contributed by atoms with Gasteiger partial charge in [0.1, 0.15) is 5.75 Å². The second-order valence-corrected chi connectivity index (χ2v) is 8.14. The number of amides is 2. The van der Waals surface area contributed by atoms with Crippen molar-refractivity contribution in [3.63, 3.8) is 0 Å². The fourth-order valence-electron chi connectivity index (χ4n) is 3.32. The van der Waals surface area contributed by atoms with Crippen LogP contribution in [-0.4, -0.2) is 60.4 Å². The normalized spacial score (nSPS) is 15.5. The number of piperazine rings is 1. The minimum Gasteiger partial charge on any atom is -0.481 e. The van der Waals surface area contributed by atoms with Gasteiger partial charge in [0.25, 0.3) is 5.91 Å². The molecule has 1 unspecified atom stereocenters. The lowest BCUT2D eigenvalue weighted by Crippen LogP contribution is -2.53. The van der Waals surface area contributed by atoms with E-state index < -0.39 is 6.10 Å². The lowest BCUT2D eigenvalue weighted by atomic mass is 10.2. The van der Waals surface area contributed by atoms with Crippen molar-refractivity contribution in [1.82, 2.24) is 9.80 Å². The van der Waals surface area contributed by atoms with Crippen LogP contribution in [0.5, 0.6) is 5.75 Å². The van der Waals surface area contributed by atoms with E-state index in [1.165, 1.54) is 0 Å². The number of nitrogens with one attached hydrogen (secondary N) is 1. The van der Waals surface area contributed by atoms with Gasteiger partial charge in [-0.05, 0) is 49.7 Å². The van der Waals surface area contributed by atoms with Crippen LogP contribution in [0.4, 0.5) is 5.69 Å². The predicted octanol–water partition coefficient (Wildman–Crippen LogP) is 3.85. The maximum absolute atomic E-state index is 12.8. The average Bonchev–Trinajstić information content (AvgIpc) is 2.72. The second-order valence-electron chi connectivity index (χ2n) is 7.30. The van der Waals surface area contributed by atoms with E-state index in [0.717, 1.165) is 5.56 Å². The fraction of sp³-hybridized carbons (Fsp3) is 0.364. The molecule has 0 bridgehead atoms. The third kappa shape index (κ3) is 5.88. The summed E-state index contributed by atoms with van der Waals surface area (Å²) >= 11 is 12.0. The number of para-hydroxylation sites is 1. The van der Waals surface area contributed by atoms with Gasteiger partial charge in [0.05, 0.1) is 17.3 Å². The molecule has 1 fully saturated rings. The molecule has 2 aromatic rings. The molecule has 2 aromatic carbocycles. The summed E-state index contributed by atoms with van der Waals surface area (Å²) in [6.45, 7) is 6.23. The van der Waals surface area contributed by atoms with Crippen LogP contribution in [0.3, 0.4) is 0 Å². The van der Waals surface area contributed by atoms with Crippen LogP contribution in [0.15, 0.2) is 42.5 Å². The Morgan fingerprint density at radius 3 is 2.47 bits per heavy atom. The molecular formula is C22H25Cl2N3O3.